The average Bonchev–Trinajstić information content (AvgIpc) is 2.93. The molecule has 98 valence electrons. The fourth-order valence-electron chi connectivity index (χ4n) is 3.37. The Balaban J connectivity index is 1.73. The van der Waals surface area contributed by atoms with Gasteiger partial charge in [0.2, 0.25) is 0 Å². The van der Waals surface area contributed by atoms with Gasteiger partial charge in [0.05, 0.1) is 6.10 Å². The molecule has 2 aliphatic rings. The molecule has 2 fully saturated rings. The Bertz CT molecular complexity index is 444. The van der Waals surface area contributed by atoms with Gasteiger partial charge >= 0.3 is 0 Å². The number of halogens is 1. The van der Waals surface area contributed by atoms with Crippen molar-refractivity contribution in [2.45, 2.75) is 44.8 Å². The van der Waals surface area contributed by atoms with E-state index < -0.39 is 6.10 Å². The Kier molecular flexibility index (Phi) is 3.02. The SMILES string of the molecule is CC(O)c1ccc(OC2CC3CCC2C3)c(F)c1. The fourth-order valence-corrected chi connectivity index (χ4v) is 3.37. The monoisotopic (exact) mass is 250 g/mol. The summed E-state index contributed by atoms with van der Waals surface area (Å²) in [6.45, 7) is 1.63. The Hall–Kier alpha value is -1.09. The highest BCUT2D eigenvalue weighted by atomic mass is 19.1. The molecular weight excluding hydrogens is 231 g/mol. The van der Waals surface area contributed by atoms with Gasteiger partial charge < -0.3 is 9.84 Å². The minimum absolute atomic E-state index is 0.190. The normalized spacial score (nSPS) is 31.6. The molecule has 2 bridgehead atoms. The topological polar surface area (TPSA) is 29.5 Å². The quantitative estimate of drug-likeness (QED) is 0.890. The summed E-state index contributed by atoms with van der Waals surface area (Å²) in [5, 5.41) is 9.40. The van der Waals surface area contributed by atoms with E-state index in [1.807, 2.05) is 0 Å². The number of rotatable bonds is 3. The summed E-state index contributed by atoms with van der Waals surface area (Å²) in [4.78, 5) is 0. The van der Waals surface area contributed by atoms with E-state index in [9.17, 15) is 9.50 Å². The zero-order valence-corrected chi connectivity index (χ0v) is 10.6. The summed E-state index contributed by atoms with van der Waals surface area (Å²) in [5.74, 6) is 1.37. The van der Waals surface area contributed by atoms with Gasteiger partial charge in [-0.15, -0.1) is 0 Å². The predicted molar refractivity (Wildman–Crippen MR) is 66.9 cm³/mol. The van der Waals surface area contributed by atoms with Gasteiger partial charge in [0, 0.05) is 0 Å². The lowest BCUT2D eigenvalue weighted by Crippen LogP contribution is -2.23. The predicted octanol–water partition coefficient (Wildman–Crippen LogP) is 3.45. The van der Waals surface area contributed by atoms with Gasteiger partial charge in [-0.2, -0.15) is 0 Å². The standard InChI is InChI=1S/C15H19FO2/c1-9(17)11-4-5-14(13(16)8-11)18-15-7-10-2-3-12(15)6-10/h4-5,8-10,12,15,17H,2-3,6-7H2,1H3. The van der Waals surface area contributed by atoms with Crippen LogP contribution in [0.4, 0.5) is 4.39 Å². The van der Waals surface area contributed by atoms with E-state index in [0.717, 1.165) is 12.3 Å². The van der Waals surface area contributed by atoms with Crippen LogP contribution in [0.15, 0.2) is 18.2 Å². The summed E-state index contributed by atoms with van der Waals surface area (Å²) in [6, 6.07) is 4.74. The van der Waals surface area contributed by atoms with Crippen LogP contribution in [0.25, 0.3) is 0 Å². The first kappa shape index (κ1) is 12.0. The molecule has 18 heavy (non-hydrogen) atoms. The second-order valence-corrected chi connectivity index (χ2v) is 5.70. The van der Waals surface area contributed by atoms with Crippen molar-refractivity contribution in [2.75, 3.05) is 0 Å². The van der Waals surface area contributed by atoms with Crippen molar-refractivity contribution < 1.29 is 14.2 Å². The molecule has 0 heterocycles. The summed E-state index contributed by atoms with van der Waals surface area (Å²) in [7, 11) is 0. The van der Waals surface area contributed by atoms with Crippen LogP contribution in [0, 0.1) is 17.7 Å². The maximum absolute atomic E-state index is 13.9. The van der Waals surface area contributed by atoms with E-state index in [2.05, 4.69) is 0 Å². The molecule has 0 spiro atoms. The van der Waals surface area contributed by atoms with Crippen molar-refractivity contribution in [3.05, 3.63) is 29.6 Å². The molecule has 2 nitrogen and oxygen atoms in total. The number of aliphatic hydroxyl groups is 1. The first-order valence-corrected chi connectivity index (χ1v) is 6.77. The van der Waals surface area contributed by atoms with Gasteiger partial charge in [0.15, 0.2) is 11.6 Å². The van der Waals surface area contributed by atoms with Crippen molar-refractivity contribution in [1.82, 2.24) is 0 Å². The highest BCUT2D eigenvalue weighted by molar-refractivity contribution is 5.30. The Morgan fingerprint density at radius 3 is 2.72 bits per heavy atom. The van der Waals surface area contributed by atoms with E-state index in [1.54, 1.807) is 19.1 Å². The van der Waals surface area contributed by atoms with Crippen molar-refractivity contribution in [1.29, 1.82) is 0 Å². The summed E-state index contributed by atoms with van der Waals surface area (Å²) < 4.78 is 19.7. The van der Waals surface area contributed by atoms with Crippen LogP contribution in [0.5, 0.6) is 5.75 Å². The lowest BCUT2D eigenvalue weighted by molar-refractivity contribution is 0.132. The summed E-state index contributed by atoms with van der Waals surface area (Å²) in [6.07, 6.45) is 4.41. The highest BCUT2D eigenvalue weighted by Gasteiger charge is 2.41. The molecule has 0 aliphatic heterocycles. The van der Waals surface area contributed by atoms with Crippen LogP contribution in [-0.4, -0.2) is 11.2 Å². The zero-order chi connectivity index (χ0) is 12.7. The number of ether oxygens (including phenoxy) is 1. The fraction of sp³-hybridized carbons (Fsp3) is 0.600. The largest absolute Gasteiger partial charge is 0.487 e. The zero-order valence-electron chi connectivity index (χ0n) is 10.6. The van der Waals surface area contributed by atoms with Gasteiger partial charge in [-0.1, -0.05) is 6.07 Å². The Morgan fingerprint density at radius 2 is 2.17 bits per heavy atom. The summed E-state index contributed by atoms with van der Waals surface area (Å²) in [5.41, 5.74) is 0.591. The van der Waals surface area contributed by atoms with E-state index in [4.69, 9.17) is 4.74 Å². The molecule has 1 aromatic carbocycles. The van der Waals surface area contributed by atoms with Gasteiger partial charge in [-0.05, 0) is 62.1 Å². The first-order valence-electron chi connectivity index (χ1n) is 6.77. The minimum Gasteiger partial charge on any atom is -0.487 e. The smallest absolute Gasteiger partial charge is 0.165 e. The molecule has 4 unspecified atom stereocenters. The van der Waals surface area contributed by atoms with Crippen molar-refractivity contribution in [3.8, 4) is 5.75 Å². The molecule has 0 radical (unpaired) electrons. The van der Waals surface area contributed by atoms with E-state index >= 15 is 0 Å². The minimum atomic E-state index is -0.643. The van der Waals surface area contributed by atoms with E-state index in [1.165, 1.54) is 25.3 Å². The lowest BCUT2D eigenvalue weighted by atomic mass is 9.97. The second-order valence-electron chi connectivity index (χ2n) is 5.70. The molecule has 4 atom stereocenters. The van der Waals surface area contributed by atoms with Gasteiger partial charge in [-0.25, -0.2) is 4.39 Å². The third kappa shape index (κ3) is 2.12. The number of benzene rings is 1. The van der Waals surface area contributed by atoms with Gasteiger partial charge in [-0.3, -0.25) is 0 Å². The summed E-state index contributed by atoms with van der Waals surface area (Å²) >= 11 is 0. The van der Waals surface area contributed by atoms with Crippen LogP contribution in [-0.2, 0) is 0 Å². The van der Waals surface area contributed by atoms with E-state index in [0.29, 0.717) is 17.2 Å². The van der Waals surface area contributed by atoms with Crippen LogP contribution >= 0.6 is 0 Å². The number of hydrogen-bond donors (Lipinski definition) is 1. The number of hydrogen-bond acceptors (Lipinski definition) is 2. The molecule has 3 rings (SSSR count). The first-order chi connectivity index (χ1) is 8.63. The molecule has 1 N–H and O–H groups in total. The van der Waals surface area contributed by atoms with Crippen LogP contribution < -0.4 is 4.74 Å². The second kappa shape index (κ2) is 4.54. The van der Waals surface area contributed by atoms with Crippen molar-refractivity contribution in [2.24, 2.45) is 11.8 Å². The van der Waals surface area contributed by atoms with Crippen LogP contribution in [0.1, 0.15) is 44.3 Å². The van der Waals surface area contributed by atoms with E-state index in [-0.39, 0.29) is 11.9 Å². The van der Waals surface area contributed by atoms with Gasteiger partial charge in [0.25, 0.3) is 0 Å². The third-order valence-electron chi connectivity index (χ3n) is 4.39. The number of fused-ring (bicyclic) bond motifs is 2. The maximum atomic E-state index is 13.9. The van der Waals surface area contributed by atoms with Crippen LogP contribution in [0.3, 0.4) is 0 Å². The molecule has 0 amide bonds. The van der Waals surface area contributed by atoms with Gasteiger partial charge in [0.1, 0.15) is 6.10 Å². The van der Waals surface area contributed by atoms with Crippen molar-refractivity contribution >= 4 is 0 Å². The maximum Gasteiger partial charge on any atom is 0.165 e. The molecule has 0 aromatic heterocycles. The molecule has 0 saturated heterocycles. The molecular formula is C15H19FO2. The Labute approximate surface area is 107 Å². The highest BCUT2D eigenvalue weighted by Crippen LogP contribution is 2.46. The van der Waals surface area contributed by atoms with Crippen LogP contribution in [0.2, 0.25) is 0 Å². The number of aliphatic hydroxyl groups excluding tert-OH is 1. The molecule has 3 heteroatoms. The molecule has 1 aromatic rings. The third-order valence-corrected chi connectivity index (χ3v) is 4.39. The molecule has 2 saturated carbocycles. The van der Waals surface area contributed by atoms with Crippen molar-refractivity contribution in [3.63, 3.8) is 0 Å². The lowest BCUT2D eigenvalue weighted by Gasteiger charge is -2.23. The molecule has 2 aliphatic carbocycles. The average molecular weight is 250 g/mol. The Morgan fingerprint density at radius 1 is 1.33 bits per heavy atom.